The van der Waals surface area contributed by atoms with Gasteiger partial charge in [0.15, 0.2) is 0 Å². The van der Waals surface area contributed by atoms with Crippen LogP contribution in [-0.2, 0) is 6.42 Å². The maximum absolute atomic E-state index is 4.17. The topological polar surface area (TPSA) is 28.2 Å². The summed E-state index contributed by atoms with van der Waals surface area (Å²) >= 11 is 0. The zero-order valence-electron chi connectivity index (χ0n) is 10.3. The minimum absolute atomic E-state index is 0.901. The van der Waals surface area contributed by atoms with Crippen molar-refractivity contribution in [2.45, 2.75) is 12.8 Å². The van der Waals surface area contributed by atoms with Crippen LogP contribution in [0.5, 0.6) is 0 Å². The van der Waals surface area contributed by atoms with Crippen molar-refractivity contribution < 1.29 is 0 Å². The van der Waals surface area contributed by atoms with Crippen LogP contribution in [0, 0.1) is 11.8 Å². The second kappa shape index (κ2) is 5.15. The molecule has 3 heterocycles. The van der Waals surface area contributed by atoms with Gasteiger partial charge in [0.05, 0.1) is 0 Å². The molecule has 92 valence electrons. The number of likely N-dealkylation sites (tertiary alicyclic amines) is 1. The van der Waals surface area contributed by atoms with Gasteiger partial charge in [-0.25, -0.2) is 0 Å². The highest BCUT2D eigenvalue weighted by Crippen LogP contribution is 2.26. The van der Waals surface area contributed by atoms with Crippen molar-refractivity contribution in [3.63, 3.8) is 0 Å². The first-order chi connectivity index (χ1) is 8.42. The maximum Gasteiger partial charge on any atom is 0.0300 e. The van der Waals surface area contributed by atoms with Crippen LogP contribution in [0.1, 0.15) is 12.0 Å². The average molecular weight is 231 g/mol. The Morgan fingerprint density at radius 3 is 3.18 bits per heavy atom. The Kier molecular flexibility index (Phi) is 3.39. The summed E-state index contributed by atoms with van der Waals surface area (Å²) in [5.74, 6) is 1.85. The van der Waals surface area contributed by atoms with Crippen molar-refractivity contribution in [2.75, 3.05) is 32.7 Å². The molecule has 2 unspecified atom stereocenters. The standard InChI is InChI=1S/C14H21N3/c1-2-12(8-15-5-1)3-6-17-7-4-13-9-16-10-14(13)11-17/h1-2,5,8,13-14,16H,3-4,6-7,9-11H2. The van der Waals surface area contributed by atoms with Gasteiger partial charge in [-0.15, -0.1) is 0 Å². The molecule has 0 amide bonds. The SMILES string of the molecule is c1cncc(CCN2CCC3CNCC3C2)c1. The minimum atomic E-state index is 0.901. The van der Waals surface area contributed by atoms with Gasteiger partial charge in [0.2, 0.25) is 0 Å². The highest BCUT2D eigenvalue weighted by atomic mass is 15.1. The van der Waals surface area contributed by atoms with Crippen molar-refractivity contribution in [2.24, 2.45) is 11.8 Å². The Hall–Kier alpha value is -0.930. The Balaban J connectivity index is 1.50. The third-order valence-corrected chi connectivity index (χ3v) is 4.23. The van der Waals surface area contributed by atoms with Gasteiger partial charge in [0, 0.05) is 25.5 Å². The molecule has 0 aromatic carbocycles. The second-order valence-electron chi connectivity index (χ2n) is 5.38. The number of hydrogen-bond donors (Lipinski definition) is 1. The summed E-state index contributed by atoms with van der Waals surface area (Å²) in [4.78, 5) is 6.80. The number of fused-ring (bicyclic) bond motifs is 1. The molecule has 3 heteroatoms. The van der Waals surface area contributed by atoms with E-state index in [-0.39, 0.29) is 0 Å². The van der Waals surface area contributed by atoms with Crippen LogP contribution in [0.4, 0.5) is 0 Å². The van der Waals surface area contributed by atoms with E-state index in [0.717, 1.165) is 18.3 Å². The molecule has 2 atom stereocenters. The molecule has 0 saturated carbocycles. The minimum Gasteiger partial charge on any atom is -0.316 e. The van der Waals surface area contributed by atoms with E-state index in [0.29, 0.717) is 0 Å². The van der Waals surface area contributed by atoms with Crippen LogP contribution in [-0.4, -0.2) is 42.6 Å². The number of rotatable bonds is 3. The van der Waals surface area contributed by atoms with Crippen molar-refractivity contribution in [1.82, 2.24) is 15.2 Å². The van der Waals surface area contributed by atoms with Crippen molar-refractivity contribution in [3.8, 4) is 0 Å². The molecule has 3 rings (SSSR count). The molecule has 0 aliphatic carbocycles. The number of hydrogen-bond acceptors (Lipinski definition) is 3. The number of nitrogens with one attached hydrogen (secondary N) is 1. The lowest BCUT2D eigenvalue weighted by Gasteiger charge is -2.34. The molecular formula is C14H21N3. The summed E-state index contributed by atoms with van der Waals surface area (Å²) in [6.45, 7) is 6.24. The quantitative estimate of drug-likeness (QED) is 0.846. The van der Waals surface area contributed by atoms with E-state index < -0.39 is 0 Å². The second-order valence-corrected chi connectivity index (χ2v) is 5.38. The lowest BCUT2D eigenvalue weighted by molar-refractivity contribution is 0.150. The molecule has 3 nitrogen and oxygen atoms in total. The van der Waals surface area contributed by atoms with Gasteiger partial charge in [-0.2, -0.15) is 0 Å². The highest BCUT2D eigenvalue weighted by Gasteiger charge is 2.32. The van der Waals surface area contributed by atoms with E-state index in [1.54, 1.807) is 0 Å². The molecule has 0 spiro atoms. The van der Waals surface area contributed by atoms with Gasteiger partial charge in [0.25, 0.3) is 0 Å². The Morgan fingerprint density at radius 1 is 1.35 bits per heavy atom. The number of pyridine rings is 1. The van der Waals surface area contributed by atoms with E-state index in [4.69, 9.17) is 0 Å². The predicted molar refractivity (Wildman–Crippen MR) is 68.8 cm³/mol. The lowest BCUT2D eigenvalue weighted by atomic mass is 9.88. The van der Waals surface area contributed by atoms with E-state index in [2.05, 4.69) is 21.3 Å². The molecule has 1 aromatic rings. The smallest absolute Gasteiger partial charge is 0.0300 e. The summed E-state index contributed by atoms with van der Waals surface area (Å²) in [7, 11) is 0. The monoisotopic (exact) mass is 231 g/mol. The molecule has 2 aliphatic rings. The zero-order valence-corrected chi connectivity index (χ0v) is 10.3. The van der Waals surface area contributed by atoms with Crippen molar-refractivity contribution in [3.05, 3.63) is 30.1 Å². The summed E-state index contributed by atoms with van der Waals surface area (Å²) in [6, 6.07) is 4.21. The first-order valence-electron chi connectivity index (χ1n) is 6.74. The molecule has 0 bridgehead atoms. The van der Waals surface area contributed by atoms with E-state index in [9.17, 15) is 0 Å². The molecule has 2 aliphatic heterocycles. The Labute approximate surface area is 103 Å². The van der Waals surface area contributed by atoms with Gasteiger partial charge >= 0.3 is 0 Å². The van der Waals surface area contributed by atoms with Crippen molar-refractivity contribution >= 4 is 0 Å². The molecule has 17 heavy (non-hydrogen) atoms. The highest BCUT2D eigenvalue weighted by molar-refractivity contribution is 5.08. The molecule has 2 fully saturated rings. The summed E-state index contributed by atoms with van der Waals surface area (Å²) in [5.41, 5.74) is 1.36. The average Bonchev–Trinajstić information content (AvgIpc) is 2.85. The third-order valence-electron chi connectivity index (χ3n) is 4.23. The molecule has 0 radical (unpaired) electrons. The largest absolute Gasteiger partial charge is 0.316 e. The van der Waals surface area contributed by atoms with Crippen LogP contribution in [0.2, 0.25) is 0 Å². The van der Waals surface area contributed by atoms with Gasteiger partial charge in [-0.3, -0.25) is 4.98 Å². The number of aromatic nitrogens is 1. The molecule has 2 saturated heterocycles. The fraction of sp³-hybridized carbons (Fsp3) is 0.643. The molecule has 1 N–H and O–H groups in total. The first-order valence-corrected chi connectivity index (χ1v) is 6.74. The van der Waals surface area contributed by atoms with Gasteiger partial charge in [0.1, 0.15) is 0 Å². The zero-order chi connectivity index (χ0) is 11.5. The maximum atomic E-state index is 4.17. The number of piperidine rings is 1. The third kappa shape index (κ3) is 2.67. The van der Waals surface area contributed by atoms with E-state index >= 15 is 0 Å². The van der Waals surface area contributed by atoms with E-state index in [1.807, 2.05) is 18.5 Å². The summed E-state index contributed by atoms with van der Waals surface area (Å²) < 4.78 is 0. The Morgan fingerprint density at radius 2 is 2.29 bits per heavy atom. The molecule has 1 aromatic heterocycles. The van der Waals surface area contributed by atoms with Crippen LogP contribution in [0.15, 0.2) is 24.5 Å². The van der Waals surface area contributed by atoms with Gasteiger partial charge in [-0.05, 0) is 55.9 Å². The fourth-order valence-electron chi connectivity index (χ4n) is 3.15. The van der Waals surface area contributed by atoms with Crippen LogP contribution in [0.25, 0.3) is 0 Å². The van der Waals surface area contributed by atoms with Crippen LogP contribution >= 0.6 is 0 Å². The van der Waals surface area contributed by atoms with Gasteiger partial charge in [-0.1, -0.05) is 6.07 Å². The number of nitrogens with zero attached hydrogens (tertiary/aromatic N) is 2. The fourth-order valence-corrected chi connectivity index (χ4v) is 3.15. The summed E-state index contributed by atoms with van der Waals surface area (Å²) in [5, 5.41) is 3.52. The normalized spacial score (nSPS) is 29.2. The first kappa shape index (κ1) is 11.2. The lowest BCUT2D eigenvalue weighted by Crippen LogP contribution is -2.40. The Bertz CT molecular complexity index is 352. The van der Waals surface area contributed by atoms with Crippen molar-refractivity contribution in [1.29, 1.82) is 0 Å². The van der Waals surface area contributed by atoms with E-state index in [1.165, 1.54) is 44.7 Å². The van der Waals surface area contributed by atoms with Crippen LogP contribution in [0.3, 0.4) is 0 Å². The van der Waals surface area contributed by atoms with Gasteiger partial charge < -0.3 is 10.2 Å². The summed E-state index contributed by atoms with van der Waals surface area (Å²) in [6.07, 6.45) is 6.35. The predicted octanol–water partition coefficient (Wildman–Crippen LogP) is 1.17. The van der Waals surface area contributed by atoms with Crippen LogP contribution < -0.4 is 5.32 Å². The molecular weight excluding hydrogens is 210 g/mol.